The summed E-state index contributed by atoms with van der Waals surface area (Å²) in [4.78, 5) is 8.04. The van der Waals surface area contributed by atoms with E-state index < -0.39 is 5.82 Å². The molecule has 0 saturated heterocycles. The maximum Gasteiger partial charge on any atom is 0.193 e. The van der Waals surface area contributed by atoms with Crippen molar-refractivity contribution in [3.05, 3.63) is 84.4 Å². The molecule has 134 valence electrons. The van der Waals surface area contributed by atoms with Crippen molar-refractivity contribution in [1.29, 1.82) is 0 Å². The van der Waals surface area contributed by atoms with Crippen LogP contribution in [-0.2, 0) is 6.54 Å². The number of para-hydroxylation sites is 1. The molecule has 3 aromatic rings. The van der Waals surface area contributed by atoms with Gasteiger partial charge in [0.15, 0.2) is 5.96 Å². The van der Waals surface area contributed by atoms with Crippen molar-refractivity contribution < 1.29 is 9.13 Å². The number of aromatic nitrogens is 1. The topological polar surface area (TPSA) is 72.5 Å². The number of hydrogen-bond acceptors (Lipinski definition) is 3. The normalized spacial score (nSPS) is 10.7. The molecule has 0 amide bonds. The number of anilines is 1. The molecule has 26 heavy (non-hydrogen) atoms. The van der Waals surface area contributed by atoms with Crippen LogP contribution in [0, 0.1) is 5.82 Å². The Kier molecular flexibility index (Phi) is 7.34. The van der Waals surface area contributed by atoms with Gasteiger partial charge in [0.1, 0.15) is 17.3 Å². The summed E-state index contributed by atoms with van der Waals surface area (Å²) in [6.07, 6.45) is 1.52. The van der Waals surface area contributed by atoms with Gasteiger partial charge in [-0.25, -0.2) is 9.38 Å². The lowest BCUT2D eigenvalue weighted by Gasteiger charge is -2.09. The lowest BCUT2D eigenvalue weighted by Crippen LogP contribution is -2.22. The van der Waals surface area contributed by atoms with Gasteiger partial charge in [-0.15, -0.1) is 24.0 Å². The Morgan fingerprint density at radius 1 is 1.04 bits per heavy atom. The minimum Gasteiger partial charge on any atom is -0.457 e. The van der Waals surface area contributed by atoms with Crippen LogP contribution in [0.15, 0.2) is 77.9 Å². The van der Waals surface area contributed by atoms with Crippen LogP contribution < -0.4 is 15.8 Å². The van der Waals surface area contributed by atoms with E-state index in [1.54, 1.807) is 6.07 Å². The first-order chi connectivity index (χ1) is 12.2. The van der Waals surface area contributed by atoms with E-state index in [-0.39, 0.29) is 42.2 Å². The van der Waals surface area contributed by atoms with Gasteiger partial charge in [0.05, 0.1) is 12.2 Å². The SMILES string of the molecule is I.NC(=NCc1ncccc1F)Nc1cccc(Oc2ccccc2)c1. The first-order valence-electron chi connectivity index (χ1n) is 7.70. The third-order valence-electron chi connectivity index (χ3n) is 3.32. The lowest BCUT2D eigenvalue weighted by molar-refractivity contribution is 0.483. The van der Waals surface area contributed by atoms with Crippen LogP contribution in [0.3, 0.4) is 0 Å². The molecule has 5 nitrogen and oxygen atoms in total. The van der Waals surface area contributed by atoms with Gasteiger partial charge in [0.25, 0.3) is 0 Å². The summed E-state index contributed by atoms with van der Waals surface area (Å²) in [5, 5.41) is 2.96. The van der Waals surface area contributed by atoms with Gasteiger partial charge in [-0.05, 0) is 36.4 Å². The van der Waals surface area contributed by atoms with Gasteiger partial charge in [-0.1, -0.05) is 24.3 Å². The van der Waals surface area contributed by atoms with Gasteiger partial charge >= 0.3 is 0 Å². The maximum absolute atomic E-state index is 13.5. The highest BCUT2D eigenvalue weighted by atomic mass is 127. The number of ether oxygens (including phenoxy) is 1. The molecule has 7 heteroatoms. The van der Waals surface area contributed by atoms with Crippen molar-refractivity contribution in [2.45, 2.75) is 6.54 Å². The molecule has 0 radical (unpaired) electrons. The third kappa shape index (κ3) is 5.69. The van der Waals surface area contributed by atoms with E-state index in [0.717, 1.165) is 11.4 Å². The zero-order valence-electron chi connectivity index (χ0n) is 13.8. The van der Waals surface area contributed by atoms with Crippen LogP contribution in [0.5, 0.6) is 11.5 Å². The summed E-state index contributed by atoms with van der Waals surface area (Å²) in [5.41, 5.74) is 6.82. The quantitative estimate of drug-likeness (QED) is 0.330. The Morgan fingerprint density at radius 2 is 1.81 bits per heavy atom. The second-order valence-electron chi connectivity index (χ2n) is 5.20. The molecule has 0 bridgehead atoms. The van der Waals surface area contributed by atoms with Crippen molar-refractivity contribution in [2.75, 3.05) is 5.32 Å². The zero-order valence-corrected chi connectivity index (χ0v) is 16.1. The van der Waals surface area contributed by atoms with E-state index in [0.29, 0.717) is 5.75 Å². The van der Waals surface area contributed by atoms with Crippen LogP contribution in [0.1, 0.15) is 5.69 Å². The minimum absolute atomic E-state index is 0. The summed E-state index contributed by atoms with van der Waals surface area (Å²) in [7, 11) is 0. The van der Waals surface area contributed by atoms with Crippen LogP contribution in [-0.4, -0.2) is 10.9 Å². The highest BCUT2D eigenvalue weighted by Crippen LogP contribution is 2.23. The number of aliphatic imine (C=N–C) groups is 1. The Bertz CT molecular complexity index is 874. The highest BCUT2D eigenvalue weighted by Gasteiger charge is 2.03. The number of nitrogens with zero attached hydrogens (tertiary/aromatic N) is 2. The Balaban J connectivity index is 0.00000243. The van der Waals surface area contributed by atoms with Crippen LogP contribution in [0.4, 0.5) is 10.1 Å². The van der Waals surface area contributed by atoms with Gasteiger partial charge in [-0.2, -0.15) is 0 Å². The van der Waals surface area contributed by atoms with E-state index >= 15 is 0 Å². The van der Waals surface area contributed by atoms with E-state index in [1.165, 1.54) is 18.3 Å². The predicted molar refractivity (Wildman–Crippen MR) is 112 cm³/mol. The number of nitrogens with one attached hydrogen (secondary N) is 1. The number of nitrogens with two attached hydrogens (primary N) is 1. The molecule has 0 saturated carbocycles. The van der Waals surface area contributed by atoms with Gasteiger partial charge in [-0.3, -0.25) is 4.98 Å². The average Bonchev–Trinajstić information content (AvgIpc) is 2.62. The van der Waals surface area contributed by atoms with Crippen molar-refractivity contribution in [1.82, 2.24) is 4.98 Å². The molecule has 0 aliphatic rings. The standard InChI is InChI=1S/C19H17FN4O.HI/c20-17-10-5-11-22-18(17)13-23-19(21)24-14-6-4-9-16(12-14)25-15-7-2-1-3-8-15;/h1-12H,13H2,(H3,21,23,24);1H. The van der Waals surface area contributed by atoms with Crippen molar-refractivity contribution in [3.63, 3.8) is 0 Å². The van der Waals surface area contributed by atoms with E-state index in [9.17, 15) is 4.39 Å². The summed E-state index contributed by atoms with van der Waals surface area (Å²) in [6.45, 7) is 0.0612. The number of rotatable bonds is 5. The van der Waals surface area contributed by atoms with E-state index in [4.69, 9.17) is 10.5 Å². The third-order valence-corrected chi connectivity index (χ3v) is 3.32. The number of guanidine groups is 1. The second kappa shape index (κ2) is 9.71. The molecular formula is C19H18FIN4O. The zero-order chi connectivity index (χ0) is 17.5. The highest BCUT2D eigenvalue weighted by molar-refractivity contribution is 14.0. The molecule has 3 rings (SSSR count). The fourth-order valence-corrected chi connectivity index (χ4v) is 2.14. The molecule has 1 heterocycles. The minimum atomic E-state index is -0.405. The maximum atomic E-state index is 13.5. The average molecular weight is 464 g/mol. The largest absolute Gasteiger partial charge is 0.457 e. The molecule has 2 aromatic carbocycles. The predicted octanol–water partition coefficient (Wildman–Crippen LogP) is 4.56. The van der Waals surface area contributed by atoms with Crippen molar-refractivity contribution in [2.24, 2.45) is 10.7 Å². The monoisotopic (exact) mass is 464 g/mol. The fraction of sp³-hybridized carbons (Fsp3) is 0.0526. The lowest BCUT2D eigenvalue weighted by atomic mass is 10.3. The molecule has 0 atom stereocenters. The van der Waals surface area contributed by atoms with Gasteiger partial charge in [0, 0.05) is 18.0 Å². The summed E-state index contributed by atoms with van der Waals surface area (Å²) < 4.78 is 19.3. The molecule has 0 unspecified atom stereocenters. The molecule has 0 fully saturated rings. The molecule has 3 N–H and O–H groups in total. The fourth-order valence-electron chi connectivity index (χ4n) is 2.14. The molecule has 0 spiro atoms. The Labute approximate surface area is 168 Å². The number of hydrogen-bond donors (Lipinski definition) is 2. The summed E-state index contributed by atoms with van der Waals surface area (Å²) in [6, 6.07) is 19.7. The van der Waals surface area contributed by atoms with Gasteiger partial charge < -0.3 is 15.8 Å². The van der Waals surface area contributed by atoms with Crippen molar-refractivity contribution >= 4 is 35.6 Å². The van der Waals surface area contributed by atoms with E-state index in [2.05, 4.69) is 15.3 Å². The number of pyridine rings is 1. The van der Waals surface area contributed by atoms with Gasteiger partial charge in [0.2, 0.25) is 0 Å². The van der Waals surface area contributed by atoms with E-state index in [1.807, 2.05) is 48.5 Å². The molecule has 0 aliphatic carbocycles. The summed E-state index contributed by atoms with van der Waals surface area (Å²) >= 11 is 0. The first kappa shape index (κ1) is 19.6. The molecular weight excluding hydrogens is 446 g/mol. The van der Waals surface area contributed by atoms with Crippen LogP contribution in [0.25, 0.3) is 0 Å². The number of benzene rings is 2. The Morgan fingerprint density at radius 3 is 2.58 bits per heavy atom. The van der Waals surface area contributed by atoms with Crippen molar-refractivity contribution in [3.8, 4) is 11.5 Å². The number of halogens is 2. The second-order valence-corrected chi connectivity index (χ2v) is 5.20. The molecule has 0 aliphatic heterocycles. The first-order valence-corrected chi connectivity index (χ1v) is 7.70. The summed E-state index contributed by atoms with van der Waals surface area (Å²) in [5.74, 6) is 1.17. The molecule has 1 aromatic heterocycles. The Hall–Kier alpha value is -2.68. The smallest absolute Gasteiger partial charge is 0.193 e. The van der Waals surface area contributed by atoms with Crippen LogP contribution >= 0.6 is 24.0 Å². The van der Waals surface area contributed by atoms with Crippen LogP contribution in [0.2, 0.25) is 0 Å².